The van der Waals surface area contributed by atoms with E-state index in [0.29, 0.717) is 12.8 Å². The minimum Gasteiger partial charge on any atom is -0.451 e. The van der Waals surface area contributed by atoms with Gasteiger partial charge in [-0.15, -0.1) is 0 Å². The van der Waals surface area contributed by atoms with Crippen LogP contribution in [-0.4, -0.2) is 34.9 Å². The molecule has 0 aromatic heterocycles. The van der Waals surface area contributed by atoms with E-state index >= 15 is 0 Å². The summed E-state index contributed by atoms with van der Waals surface area (Å²) in [4.78, 5) is 14.9. The lowest BCUT2D eigenvalue weighted by Crippen LogP contribution is -2.36. The topological polar surface area (TPSA) is 162 Å². The molecule has 0 fully saturated rings. The van der Waals surface area contributed by atoms with Crippen LogP contribution in [0.1, 0.15) is 65.2 Å². The molecule has 1 aromatic rings. The Morgan fingerprint density at radius 2 is 1.50 bits per heavy atom. The second-order valence-corrected chi connectivity index (χ2v) is 12.2. The highest BCUT2D eigenvalue weighted by Gasteiger charge is 2.29. The molecule has 4 N–H and O–H groups in total. The van der Waals surface area contributed by atoms with E-state index in [-0.39, 0.29) is 40.5 Å². The van der Waals surface area contributed by atoms with Gasteiger partial charge in [-0.3, -0.25) is 10.2 Å². The van der Waals surface area contributed by atoms with Crippen LogP contribution in [-0.2, 0) is 20.0 Å². The molecule has 0 bridgehead atoms. The van der Waals surface area contributed by atoms with Crippen molar-refractivity contribution in [3.05, 3.63) is 39.8 Å². The number of hydrogen-bond acceptors (Lipinski definition) is 7. The molecule has 0 atom stereocenters. The molecule has 10 nitrogen and oxygen atoms in total. The molecule has 0 spiro atoms. The van der Waals surface area contributed by atoms with Gasteiger partial charge in [0.1, 0.15) is 15.9 Å². The lowest BCUT2D eigenvalue weighted by Gasteiger charge is -2.15. The molecule has 0 radical (unpaired) electrons. The van der Waals surface area contributed by atoms with E-state index in [9.17, 15) is 21.6 Å². The molecule has 2 aliphatic rings. The summed E-state index contributed by atoms with van der Waals surface area (Å²) in [6.45, 7) is 4.55. The van der Waals surface area contributed by atoms with Crippen molar-refractivity contribution in [2.24, 2.45) is 0 Å². The van der Waals surface area contributed by atoms with Gasteiger partial charge in [-0.25, -0.2) is 26.3 Å². The zero-order valence-corrected chi connectivity index (χ0v) is 22.3. The smallest absolute Gasteiger partial charge is 0.246 e. The van der Waals surface area contributed by atoms with E-state index in [1.54, 1.807) is 0 Å². The number of nitrogens with one attached hydrogen (secondary N) is 4. The molecule has 198 valence electrons. The fourth-order valence-corrected chi connectivity index (χ4v) is 6.47. The molecule has 36 heavy (non-hydrogen) atoms. The summed E-state index contributed by atoms with van der Waals surface area (Å²) in [5, 5.41) is 7.44. The van der Waals surface area contributed by atoms with Crippen LogP contribution in [0.15, 0.2) is 43.3 Å². The Bertz CT molecular complexity index is 1490. The molecule has 0 amide bonds. The number of sulfonamides is 2. The average Bonchev–Trinajstić information content (AvgIpc) is 2.82. The number of rotatable bonds is 14. The molecule has 3 rings (SSSR count). The van der Waals surface area contributed by atoms with E-state index in [1.807, 2.05) is 6.92 Å². The Morgan fingerprint density at radius 1 is 0.889 bits per heavy atom. The summed E-state index contributed by atoms with van der Waals surface area (Å²) in [5.74, 6) is -0.107. The Morgan fingerprint density at radius 3 is 2.11 bits per heavy atom. The van der Waals surface area contributed by atoms with Crippen LogP contribution in [0.3, 0.4) is 0 Å². The highest BCUT2D eigenvalue weighted by molar-refractivity contribution is 7.90. The zero-order chi connectivity index (χ0) is 26.3. The summed E-state index contributed by atoms with van der Waals surface area (Å²) in [6, 6.07) is 5.52. The van der Waals surface area contributed by atoms with E-state index in [4.69, 9.17) is 9.83 Å². The lowest BCUT2D eigenvalue weighted by atomic mass is 10.2. The van der Waals surface area contributed by atoms with Gasteiger partial charge in [0.2, 0.25) is 25.5 Å². The van der Waals surface area contributed by atoms with Crippen molar-refractivity contribution in [2.75, 3.05) is 13.1 Å². The van der Waals surface area contributed by atoms with Gasteiger partial charge in [-0.2, -0.15) is 0 Å². The quantitative estimate of drug-likeness (QED) is 0.182. The molecule has 1 aromatic carbocycles. The molecular formula is C24H34N4O6S2. The van der Waals surface area contributed by atoms with E-state index in [0.717, 1.165) is 44.6 Å². The first kappa shape index (κ1) is 28.0. The number of unbranched alkanes of at least 4 members (excludes halogenated alkanes) is 6. The van der Waals surface area contributed by atoms with E-state index in [2.05, 4.69) is 21.4 Å². The normalized spacial score (nSPS) is 12.5. The number of hydrogen-bond donors (Lipinski definition) is 4. The van der Waals surface area contributed by atoms with Crippen LogP contribution in [0, 0.1) is 5.41 Å². The van der Waals surface area contributed by atoms with Crippen molar-refractivity contribution < 1.29 is 21.3 Å². The molecule has 1 aliphatic heterocycles. The molecule has 12 heteroatoms. The maximum absolute atomic E-state index is 13.0. The van der Waals surface area contributed by atoms with Crippen molar-refractivity contribution in [3.63, 3.8) is 0 Å². The highest BCUT2D eigenvalue weighted by atomic mass is 32.2. The number of aromatic amines is 1. The Balaban J connectivity index is 2.05. The Hall–Kier alpha value is -2.54. The molecule has 0 unspecified atom stereocenters. The Labute approximate surface area is 211 Å². The SMILES string of the molecule is CCCCCCNS(=O)(=O)c1c2[nH]c3cccc(S(=O)(=O)NCCCCCC)c3oc-2cc(=N)c1=O. The van der Waals surface area contributed by atoms with Gasteiger partial charge in [0, 0.05) is 19.2 Å². The third kappa shape index (κ3) is 6.41. The van der Waals surface area contributed by atoms with Gasteiger partial charge in [-0.05, 0) is 25.0 Å². The van der Waals surface area contributed by atoms with Gasteiger partial charge in [-0.1, -0.05) is 58.4 Å². The first-order chi connectivity index (χ1) is 17.1. The molecule has 1 aliphatic carbocycles. The minimum absolute atomic E-state index is 0.0278. The summed E-state index contributed by atoms with van der Waals surface area (Å²) < 4.78 is 62.9. The maximum atomic E-state index is 13.0. The van der Waals surface area contributed by atoms with Crippen molar-refractivity contribution in [1.82, 2.24) is 14.4 Å². The number of H-pyrrole nitrogens is 1. The predicted octanol–water partition coefficient (Wildman–Crippen LogP) is 3.42. The third-order valence-electron chi connectivity index (χ3n) is 5.85. The third-order valence-corrected chi connectivity index (χ3v) is 8.85. The summed E-state index contributed by atoms with van der Waals surface area (Å²) >= 11 is 0. The second-order valence-electron chi connectivity index (χ2n) is 8.73. The van der Waals surface area contributed by atoms with Crippen molar-refractivity contribution in [2.45, 2.75) is 75.0 Å². The maximum Gasteiger partial charge on any atom is 0.246 e. The minimum atomic E-state index is -4.26. The van der Waals surface area contributed by atoms with Crippen molar-refractivity contribution in [1.29, 1.82) is 5.41 Å². The zero-order valence-electron chi connectivity index (χ0n) is 20.6. The van der Waals surface area contributed by atoms with Crippen LogP contribution in [0.4, 0.5) is 0 Å². The van der Waals surface area contributed by atoms with Gasteiger partial charge < -0.3 is 9.40 Å². The highest BCUT2D eigenvalue weighted by Crippen LogP contribution is 2.30. The van der Waals surface area contributed by atoms with Gasteiger partial charge in [0.05, 0.1) is 5.52 Å². The van der Waals surface area contributed by atoms with Crippen molar-refractivity contribution in [3.8, 4) is 11.5 Å². The van der Waals surface area contributed by atoms with Gasteiger partial charge in [0.15, 0.2) is 16.2 Å². The standard InChI is InChI=1S/C24H34N4O6S2/c1-3-5-7-9-14-26-35(30,31)20-13-11-12-18-23(20)34-19-16-17(25)22(29)24(21(19)28-18)36(32,33)27-15-10-8-6-4-2/h11-13,16,25-28H,3-10,14-15H2,1-2H3. The van der Waals surface area contributed by atoms with E-state index in [1.165, 1.54) is 18.2 Å². The monoisotopic (exact) mass is 538 g/mol. The number of fused-ring (bicyclic) bond motifs is 2. The molecule has 1 heterocycles. The largest absolute Gasteiger partial charge is 0.451 e. The number of para-hydroxylation sites is 1. The molecule has 0 saturated heterocycles. The summed E-state index contributed by atoms with van der Waals surface area (Å²) in [7, 11) is -8.18. The first-order valence-electron chi connectivity index (χ1n) is 12.3. The number of aromatic nitrogens is 1. The second kappa shape index (κ2) is 12.1. The van der Waals surface area contributed by atoms with Crippen LogP contribution in [0.2, 0.25) is 0 Å². The van der Waals surface area contributed by atoms with Crippen LogP contribution >= 0.6 is 0 Å². The summed E-state index contributed by atoms with van der Waals surface area (Å²) in [6.07, 6.45) is 7.09. The fourth-order valence-electron chi connectivity index (χ4n) is 3.91. The lowest BCUT2D eigenvalue weighted by molar-refractivity contribution is 0.561. The van der Waals surface area contributed by atoms with Crippen molar-refractivity contribution >= 4 is 31.1 Å². The fraction of sp³-hybridized carbons (Fsp3) is 0.500. The molecule has 0 saturated carbocycles. The average molecular weight is 539 g/mol. The Kier molecular flexibility index (Phi) is 9.45. The number of benzene rings is 2. The van der Waals surface area contributed by atoms with Gasteiger partial charge in [0.25, 0.3) is 0 Å². The van der Waals surface area contributed by atoms with Crippen LogP contribution in [0.25, 0.3) is 22.6 Å². The predicted molar refractivity (Wildman–Crippen MR) is 138 cm³/mol. The summed E-state index contributed by atoms with van der Waals surface area (Å²) in [5.41, 5.74) is -0.911. The first-order valence-corrected chi connectivity index (χ1v) is 15.3. The van der Waals surface area contributed by atoms with Crippen LogP contribution in [0.5, 0.6) is 0 Å². The van der Waals surface area contributed by atoms with Gasteiger partial charge >= 0.3 is 0 Å². The van der Waals surface area contributed by atoms with Crippen LogP contribution < -0.4 is 20.2 Å². The van der Waals surface area contributed by atoms with E-state index < -0.39 is 35.7 Å². The molecular weight excluding hydrogens is 504 g/mol.